The van der Waals surface area contributed by atoms with Crippen LogP contribution in [0.2, 0.25) is 0 Å². The zero-order valence-corrected chi connectivity index (χ0v) is 17.5. The Kier molecular flexibility index (Phi) is 5.73. The molecule has 3 aromatic rings. The van der Waals surface area contributed by atoms with Crippen molar-refractivity contribution in [2.45, 2.75) is 32.7 Å². The van der Waals surface area contributed by atoms with E-state index in [2.05, 4.69) is 20.7 Å². The van der Waals surface area contributed by atoms with Gasteiger partial charge in [-0.2, -0.15) is 10.1 Å². The normalized spacial score (nSPS) is 15.4. The maximum atomic E-state index is 13.4. The average molecular weight is 419 g/mol. The second-order valence-electron chi connectivity index (χ2n) is 7.55. The van der Waals surface area contributed by atoms with Crippen LogP contribution in [-0.2, 0) is 11.2 Å². The quantitative estimate of drug-likeness (QED) is 0.488. The van der Waals surface area contributed by atoms with Crippen molar-refractivity contribution in [1.82, 2.24) is 14.8 Å². The van der Waals surface area contributed by atoms with Crippen molar-refractivity contribution in [3.63, 3.8) is 0 Å². The number of fused-ring (bicyclic) bond motifs is 1. The van der Waals surface area contributed by atoms with Gasteiger partial charge in [-0.3, -0.25) is 4.79 Å². The number of carbonyl (C=O) groups is 1. The van der Waals surface area contributed by atoms with E-state index in [0.29, 0.717) is 35.9 Å². The maximum Gasteiger partial charge on any atom is 0.255 e. The SMILES string of the molecule is CC1=C(C(=O)Nc2ccccc2C)[C@H](c2ccc(O)cc2)n2nc(CCCO)nc2N1. The minimum Gasteiger partial charge on any atom is -0.508 e. The number of rotatable bonds is 6. The van der Waals surface area contributed by atoms with Crippen LogP contribution in [-0.4, -0.2) is 37.5 Å². The van der Waals surface area contributed by atoms with E-state index in [-0.39, 0.29) is 18.3 Å². The second kappa shape index (κ2) is 8.61. The predicted molar refractivity (Wildman–Crippen MR) is 118 cm³/mol. The number of anilines is 2. The standard InChI is InChI=1S/C23H25N5O3/c1-14-6-3-4-7-18(14)25-22(31)20-15(2)24-23-26-19(8-5-13-29)27-28(23)21(20)16-9-11-17(30)12-10-16/h3-4,6-7,9-12,21,29-30H,5,8,13H2,1-2H3,(H,25,31)(H,24,26,27)/t21-/m0/s1. The third kappa shape index (κ3) is 4.15. The summed E-state index contributed by atoms with van der Waals surface area (Å²) >= 11 is 0. The van der Waals surface area contributed by atoms with Crippen LogP contribution in [0.4, 0.5) is 11.6 Å². The number of aryl methyl sites for hydroxylation is 2. The number of amides is 1. The minimum absolute atomic E-state index is 0.0556. The highest BCUT2D eigenvalue weighted by atomic mass is 16.3. The zero-order valence-electron chi connectivity index (χ0n) is 17.5. The van der Waals surface area contributed by atoms with Gasteiger partial charge in [0.1, 0.15) is 11.8 Å². The smallest absolute Gasteiger partial charge is 0.255 e. The lowest BCUT2D eigenvalue weighted by atomic mass is 9.95. The number of aromatic hydroxyl groups is 1. The van der Waals surface area contributed by atoms with Gasteiger partial charge in [0.05, 0.1) is 5.57 Å². The molecule has 31 heavy (non-hydrogen) atoms. The number of hydrogen-bond acceptors (Lipinski definition) is 6. The van der Waals surface area contributed by atoms with Gasteiger partial charge < -0.3 is 20.8 Å². The number of aliphatic hydroxyl groups is 1. The number of carbonyl (C=O) groups excluding carboxylic acids is 1. The summed E-state index contributed by atoms with van der Waals surface area (Å²) in [5, 5.41) is 29.7. The fourth-order valence-electron chi connectivity index (χ4n) is 3.70. The third-order valence-corrected chi connectivity index (χ3v) is 5.30. The number of nitrogens with one attached hydrogen (secondary N) is 2. The van der Waals surface area contributed by atoms with Crippen molar-refractivity contribution in [3.05, 3.63) is 76.8 Å². The molecule has 0 saturated carbocycles. The number of allylic oxidation sites excluding steroid dienone is 1. The van der Waals surface area contributed by atoms with E-state index in [0.717, 1.165) is 16.8 Å². The monoisotopic (exact) mass is 419 g/mol. The molecule has 0 saturated heterocycles. The lowest BCUT2D eigenvalue weighted by molar-refractivity contribution is -0.113. The van der Waals surface area contributed by atoms with Gasteiger partial charge >= 0.3 is 0 Å². The molecule has 2 heterocycles. The van der Waals surface area contributed by atoms with Crippen LogP contribution in [0.25, 0.3) is 0 Å². The Labute approximate surface area is 180 Å². The van der Waals surface area contributed by atoms with Crippen molar-refractivity contribution in [2.24, 2.45) is 0 Å². The molecular formula is C23H25N5O3. The number of hydrogen-bond donors (Lipinski definition) is 4. The number of para-hydroxylation sites is 1. The third-order valence-electron chi connectivity index (χ3n) is 5.30. The van der Waals surface area contributed by atoms with Gasteiger partial charge in [0.15, 0.2) is 5.82 Å². The van der Waals surface area contributed by atoms with Gasteiger partial charge in [-0.25, -0.2) is 4.68 Å². The number of benzene rings is 2. The first-order valence-corrected chi connectivity index (χ1v) is 10.2. The largest absolute Gasteiger partial charge is 0.508 e. The zero-order chi connectivity index (χ0) is 22.0. The Morgan fingerprint density at radius 3 is 2.61 bits per heavy atom. The van der Waals surface area contributed by atoms with Crippen molar-refractivity contribution in [1.29, 1.82) is 0 Å². The van der Waals surface area contributed by atoms with Crippen LogP contribution in [0.1, 0.15) is 36.3 Å². The van der Waals surface area contributed by atoms with E-state index >= 15 is 0 Å². The van der Waals surface area contributed by atoms with Crippen molar-refractivity contribution < 1.29 is 15.0 Å². The molecule has 8 heteroatoms. The molecule has 1 aliphatic rings. The van der Waals surface area contributed by atoms with Crippen LogP contribution < -0.4 is 10.6 Å². The van der Waals surface area contributed by atoms with Gasteiger partial charge in [0, 0.05) is 24.4 Å². The highest BCUT2D eigenvalue weighted by Gasteiger charge is 2.34. The number of aromatic nitrogens is 3. The topological polar surface area (TPSA) is 112 Å². The maximum absolute atomic E-state index is 13.4. The Bertz CT molecular complexity index is 1130. The van der Waals surface area contributed by atoms with E-state index in [1.54, 1.807) is 28.9 Å². The molecule has 4 N–H and O–H groups in total. The van der Waals surface area contributed by atoms with Gasteiger partial charge in [-0.15, -0.1) is 0 Å². The van der Waals surface area contributed by atoms with Crippen LogP contribution in [0.15, 0.2) is 59.8 Å². The van der Waals surface area contributed by atoms with Crippen LogP contribution >= 0.6 is 0 Å². The van der Waals surface area contributed by atoms with Crippen LogP contribution in [0.5, 0.6) is 5.75 Å². The molecule has 0 fully saturated rings. The second-order valence-corrected chi connectivity index (χ2v) is 7.55. The molecule has 1 atom stereocenters. The Morgan fingerprint density at radius 1 is 1.16 bits per heavy atom. The molecule has 4 rings (SSSR count). The van der Waals surface area contributed by atoms with E-state index in [1.807, 2.05) is 38.1 Å². The highest BCUT2D eigenvalue weighted by Crippen LogP contribution is 2.36. The summed E-state index contributed by atoms with van der Waals surface area (Å²) in [4.78, 5) is 18.0. The molecule has 1 aromatic heterocycles. The number of nitrogens with zero attached hydrogens (tertiary/aromatic N) is 3. The molecular weight excluding hydrogens is 394 g/mol. The Hall–Kier alpha value is -3.65. The summed E-state index contributed by atoms with van der Waals surface area (Å²) in [5.41, 5.74) is 3.70. The summed E-state index contributed by atoms with van der Waals surface area (Å²) in [6.45, 7) is 3.84. The summed E-state index contributed by atoms with van der Waals surface area (Å²) in [6, 6.07) is 13.8. The molecule has 2 aromatic carbocycles. The van der Waals surface area contributed by atoms with Gasteiger partial charge in [0.2, 0.25) is 5.95 Å². The van der Waals surface area contributed by atoms with Crippen molar-refractivity contribution in [2.75, 3.05) is 17.2 Å². The van der Waals surface area contributed by atoms with E-state index < -0.39 is 6.04 Å². The lowest BCUT2D eigenvalue weighted by Crippen LogP contribution is -2.31. The molecule has 1 amide bonds. The molecule has 8 nitrogen and oxygen atoms in total. The first kappa shape index (κ1) is 20.6. The van der Waals surface area contributed by atoms with E-state index in [1.165, 1.54) is 0 Å². The first-order chi connectivity index (χ1) is 15.0. The van der Waals surface area contributed by atoms with Gasteiger partial charge in [-0.1, -0.05) is 30.3 Å². The Morgan fingerprint density at radius 2 is 1.90 bits per heavy atom. The molecule has 0 unspecified atom stereocenters. The van der Waals surface area contributed by atoms with E-state index in [4.69, 9.17) is 5.11 Å². The highest BCUT2D eigenvalue weighted by molar-refractivity contribution is 6.06. The number of phenolic OH excluding ortho intramolecular Hbond substituents is 1. The average Bonchev–Trinajstić information content (AvgIpc) is 3.15. The molecule has 0 spiro atoms. The fourth-order valence-corrected chi connectivity index (χ4v) is 3.70. The molecule has 0 bridgehead atoms. The fraction of sp³-hybridized carbons (Fsp3) is 0.261. The van der Waals surface area contributed by atoms with Gasteiger partial charge in [0.25, 0.3) is 5.91 Å². The molecule has 0 radical (unpaired) electrons. The number of aliphatic hydroxyl groups excluding tert-OH is 1. The number of phenols is 1. The van der Waals surface area contributed by atoms with Crippen LogP contribution in [0, 0.1) is 6.92 Å². The van der Waals surface area contributed by atoms with Crippen molar-refractivity contribution in [3.8, 4) is 5.75 Å². The van der Waals surface area contributed by atoms with Crippen molar-refractivity contribution >= 4 is 17.5 Å². The predicted octanol–water partition coefficient (Wildman–Crippen LogP) is 3.14. The van der Waals surface area contributed by atoms with Crippen LogP contribution in [0.3, 0.4) is 0 Å². The summed E-state index contributed by atoms with van der Waals surface area (Å²) in [6.07, 6.45) is 1.09. The summed E-state index contributed by atoms with van der Waals surface area (Å²) < 4.78 is 1.69. The molecule has 1 aliphatic heterocycles. The summed E-state index contributed by atoms with van der Waals surface area (Å²) in [7, 11) is 0. The minimum atomic E-state index is -0.517. The molecule has 0 aliphatic carbocycles. The Balaban J connectivity index is 1.76. The van der Waals surface area contributed by atoms with Gasteiger partial charge in [-0.05, 0) is 49.6 Å². The molecule has 160 valence electrons. The lowest BCUT2D eigenvalue weighted by Gasteiger charge is -2.29. The summed E-state index contributed by atoms with van der Waals surface area (Å²) in [5.74, 6) is 1.03. The first-order valence-electron chi connectivity index (χ1n) is 10.2. The van der Waals surface area contributed by atoms with E-state index in [9.17, 15) is 9.90 Å².